The van der Waals surface area contributed by atoms with E-state index in [1.54, 1.807) is 5.57 Å². The molecule has 132 valence electrons. The van der Waals surface area contributed by atoms with Gasteiger partial charge in [-0.05, 0) is 90.3 Å². The molecule has 4 atom stereocenters. The number of hydrogen-bond donors (Lipinski definition) is 1. The van der Waals surface area contributed by atoms with Crippen LogP contribution in [0.4, 0.5) is 0 Å². The lowest BCUT2D eigenvalue weighted by molar-refractivity contribution is 0.137. The lowest BCUT2D eigenvalue weighted by atomic mass is 9.63. The molecule has 1 N–H and O–H groups in total. The minimum atomic E-state index is -0.323. The van der Waals surface area contributed by atoms with E-state index in [4.69, 9.17) is 0 Å². The van der Waals surface area contributed by atoms with Gasteiger partial charge in [0.1, 0.15) is 0 Å². The summed E-state index contributed by atoms with van der Waals surface area (Å²) >= 11 is 2.34. The molecule has 0 saturated heterocycles. The first-order valence-corrected chi connectivity index (χ1v) is 10.8. The van der Waals surface area contributed by atoms with Crippen LogP contribution in [0, 0.1) is 17.3 Å². The van der Waals surface area contributed by atoms with Crippen LogP contribution in [0.15, 0.2) is 45.6 Å². The lowest BCUT2D eigenvalue weighted by Crippen LogP contribution is -2.33. The zero-order valence-electron chi connectivity index (χ0n) is 14.9. The Labute approximate surface area is 161 Å². The molecule has 0 aliphatic heterocycles. The second kappa shape index (κ2) is 7.90. The molecule has 1 nitrogen and oxygen atoms in total. The Morgan fingerprint density at radius 1 is 1.21 bits per heavy atom. The van der Waals surface area contributed by atoms with Crippen molar-refractivity contribution in [2.45, 2.75) is 70.8 Å². The van der Waals surface area contributed by atoms with E-state index in [0.29, 0.717) is 5.41 Å². The highest BCUT2D eigenvalue weighted by atomic mass is 127. The van der Waals surface area contributed by atoms with Crippen molar-refractivity contribution in [2.24, 2.45) is 17.3 Å². The van der Waals surface area contributed by atoms with Crippen molar-refractivity contribution in [1.82, 2.24) is 0 Å². The average molecular weight is 438 g/mol. The quantitative estimate of drug-likeness (QED) is 0.499. The van der Waals surface area contributed by atoms with Crippen LogP contribution < -0.4 is 0 Å². The van der Waals surface area contributed by atoms with E-state index in [-0.39, 0.29) is 6.10 Å². The van der Waals surface area contributed by atoms with E-state index in [1.165, 1.54) is 44.1 Å². The zero-order valence-corrected chi connectivity index (χ0v) is 17.1. The number of rotatable bonds is 3. The highest BCUT2D eigenvalue weighted by molar-refractivity contribution is 14.1. The van der Waals surface area contributed by atoms with Gasteiger partial charge in [-0.1, -0.05) is 59.9 Å². The summed E-state index contributed by atoms with van der Waals surface area (Å²) in [6, 6.07) is 0. The van der Waals surface area contributed by atoms with Gasteiger partial charge in [-0.3, -0.25) is 0 Å². The molecule has 0 aromatic carbocycles. The zero-order chi connectivity index (χ0) is 17.2. The molecular weight excluding hydrogens is 407 g/mol. The van der Waals surface area contributed by atoms with Crippen LogP contribution >= 0.6 is 22.6 Å². The van der Waals surface area contributed by atoms with Gasteiger partial charge in [0.25, 0.3) is 0 Å². The normalized spacial score (nSPS) is 40.6. The fourth-order valence-electron chi connectivity index (χ4n) is 5.38. The third kappa shape index (κ3) is 3.60. The first kappa shape index (κ1) is 18.4. The minimum absolute atomic E-state index is 0.323. The maximum Gasteiger partial charge on any atom is 0.0787 e. The van der Waals surface area contributed by atoms with Gasteiger partial charge in [-0.15, -0.1) is 0 Å². The van der Waals surface area contributed by atoms with Gasteiger partial charge in [0, 0.05) is 0 Å². The summed E-state index contributed by atoms with van der Waals surface area (Å²) < 4.78 is 2.18. The van der Waals surface area contributed by atoms with Gasteiger partial charge < -0.3 is 5.11 Å². The van der Waals surface area contributed by atoms with E-state index in [2.05, 4.69) is 58.4 Å². The Morgan fingerprint density at radius 2 is 2.04 bits per heavy atom. The summed E-state index contributed by atoms with van der Waals surface area (Å²) in [5, 5.41) is 10.0. The Balaban J connectivity index is 1.78. The molecule has 0 aromatic heterocycles. The molecule has 3 rings (SSSR count). The summed E-state index contributed by atoms with van der Waals surface area (Å²) in [6.07, 6.45) is 17.7. The number of hydrogen-bond acceptors (Lipinski definition) is 1. The smallest absolute Gasteiger partial charge is 0.0787 e. The standard InChI is InChI=1S/C22H31IO/c1-16-17(6-3-9-21(16)24)10-11-18-7-4-14-22(2)19(8-5-15-23)12-13-20(18)22/h5,10-11,15,19-21,24H,1,3-4,6-9,12-14H2,2H3/b15-5+,17-10-,18-11+. The second-order valence-electron chi connectivity index (χ2n) is 8.15. The third-order valence-electron chi connectivity index (χ3n) is 6.91. The molecule has 3 fully saturated rings. The fourth-order valence-corrected chi connectivity index (χ4v) is 5.68. The number of aliphatic hydroxyl groups excluding tert-OH is 1. The third-order valence-corrected chi connectivity index (χ3v) is 7.42. The molecule has 0 aromatic rings. The molecule has 0 amide bonds. The maximum atomic E-state index is 10.0. The van der Waals surface area contributed by atoms with Crippen LogP contribution in [0.3, 0.4) is 0 Å². The summed E-state index contributed by atoms with van der Waals surface area (Å²) in [7, 11) is 0. The Bertz CT molecular complexity index is 571. The molecule has 0 spiro atoms. The first-order valence-electron chi connectivity index (χ1n) is 9.58. The molecule has 3 saturated carbocycles. The lowest BCUT2D eigenvalue weighted by Gasteiger charge is -2.42. The van der Waals surface area contributed by atoms with Crippen LogP contribution in [0.1, 0.15) is 64.7 Å². The largest absolute Gasteiger partial charge is 0.388 e. The molecule has 0 bridgehead atoms. The summed E-state index contributed by atoms with van der Waals surface area (Å²) in [5.41, 5.74) is 4.37. The average Bonchev–Trinajstić information content (AvgIpc) is 2.91. The molecule has 24 heavy (non-hydrogen) atoms. The monoisotopic (exact) mass is 438 g/mol. The van der Waals surface area contributed by atoms with E-state index >= 15 is 0 Å². The molecule has 4 unspecified atom stereocenters. The van der Waals surface area contributed by atoms with Crippen molar-refractivity contribution in [3.8, 4) is 0 Å². The second-order valence-corrected chi connectivity index (χ2v) is 8.87. The SMILES string of the molecule is C=C1/C(=C\C=C2/CCCC3(C)C(C/C=C/I)CCC23)CCCC1O. The van der Waals surface area contributed by atoms with Gasteiger partial charge in [0.05, 0.1) is 6.10 Å². The molecule has 3 aliphatic rings. The Kier molecular flexibility index (Phi) is 6.07. The van der Waals surface area contributed by atoms with Crippen LogP contribution in [-0.4, -0.2) is 11.2 Å². The molecule has 0 heterocycles. The van der Waals surface area contributed by atoms with E-state index in [0.717, 1.165) is 36.7 Å². The predicted octanol–water partition coefficient (Wildman–Crippen LogP) is 6.50. The predicted molar refractivity (Wildman–Crippen MR) is 111 cm³/mol. The summed E-state index contributed by atoms with van der Waals surface area (Å²) in [6.45, 7) is 6.65. The number of allylic oxidation sites excluding steroid dienone is 4. The van der Waals surface area contributed by atoms with Crippen molar-refractivity contribution in [3.63, 3.8) is 0 Å². The van der Waals surface area contributed by atoms with Gasteiger partial charge in [0.2, 0.25) is 0 Å². The van der Waals surface area contributed by atoms with Gasteiger partial charge >= 0.3 is 0 Å². The van der Waals surface area contributed by atoms with Gasteiger partial charge in [-0.25, -0.2) is 0 Å². The maximum absolute atomic E-state index is 10.0. The molecular formula is C22H31IO. The number of aliphatic hydroxyl groups is 1. The van der Waals surface area contributed by atoms with Crippen molar-refractivity contribution in [1.29, 1.82) is 0 Å². The molecule has 3 aliphatic carbocycles. The van der Waals surface area contributed by atoms with Crippen LogP contribution in [-0.2, 0) is 0 Å². The van der Waals surface area contributed by atoms with Crippen molar-refractivity contribution < 1.29 is 5.11 Å². The topological polar surface area (TPSA) is 20.2 Å². The summed E-state index contributed by atoms with van der Waals surface area (Å²) in [5.74, 6) is 1.61. The van der Waals surface area contributed by atoms with Crippen LogP contribution in [0.2, 0.25) is 0 Å². The van der Waals surface area contributed by atoms with Crippen molar-refractivity contribution >= 4 is 22.6 Å². The first-order chi connectivity index (χ1) is 11.6. The van der Waals surface area contributed by atoms with Crippen molar-refractivity contribution in [3.05, 3.63) is 45.6 Å². The molecule has 2 heteroatoms. The summed E-state index contributed by atoms with van der Waals surface area (Å²) in [4.78, 5) is 0. The molecule has 0 radical (unpaired) electrons. The van der Waals surface area contributed by atoms with E-state index in [1.807, 2.05) is 0 Å². The van der Waals surface area contributed by atoms with Gasteiger partial charge in [-0.2, -0.15) is 0 Å². The Hall–Kier alpha value is -0.350. The van der Waals surface area contributed by atoms with Crippen molar-refractivity contribution in [2.75, 3.05) is 0 Å². The van der Waals surface area contributed by atoms with Crippen LogP contribution in [0.25, 0.3) is 0 Å². The van der Waals surface area contributed by atoms with Crippen LogP contribution in [0.5, 0.6) is 0 Å². The fraction of sp³-hybridized carbons (Fsp3) is 0.636. The van der Waals surface area contributed by atoms with E-state index < -0.39 is 0 Å². The number of halogens is 1. The van der Waals surface area contributed by atoms with Gasteiger partial charge in [0.15, 0.2) is 0 Å². The minimum Gasteiger partial charge on any atom is -0.388 e. The highest BCUT2D eigenvalue weighted by Gasteiger charge is 2.48. The number of fused-ring (bicyclic) bond motifs is 1. The Morgan fingerprint density at radius 3 is 2.83 bits per heavy atom. The van der Waals surface area contributed by atoms with E-state index in [9.17, 15) is 5.11 Å². The highest BCUT2D eigenvalue weighted by Crippen LogP contribution is 2.58.